The Kier molecular flexibility index (Phi) is 4.96. The van der Waals surface area contributed by atoms with Crippen LogP contribution in [0.3, 0.4) is 0 Å². The Balaban J connectivity index is 0.000000158. The van der Waals surface area contributed by atoms with Gasteiger partial charge in [0.2, 0.25) is 10.0 Å². The van der Waals surface area contributed by atoms with E-state index >= 15 is 0 Å². The quantitative estimate of drug-likeness (QED) is 0.612. The highest BCUT2D eigenvalue weighted by Crippen LogP contribution is 2.39. The summed E-state index contributed by atoms with van der Waals surface area (Å²) in [6, 6.07) is 8.37. The molecule has 0 unspecified atom stereocenters. The number of ether oxygens (including phenoxy) is 4. The smallest absolute Gasteiger partial charge is 0.243 e. The van der Waals surface area contributed by atoms with Crippen molar-refractivity contribution >= 4 is 21.4 Å². The van der Waals surface area contributed by atoms with E-state index in [4.69, 9.17) is 35.6 Å². The Bertz CT molecular complexity index is 916. The molecular formula is C16H19N3O6S. The third-order valence-corrected chi connectivity index (χ3v) is 4.53. The van der Waals surface area contributed by atoms with Crippen LogP contribution in [0.15, 0.2) is 35.2 Å². The zero-order chi connectivity index (χ0) is 18.7. The molecule has 0 saturated heterocycles. The van der Waals surface area contributed by atoms with Crippen molar-refractivity contribution in [2.45, 2.75) is 4.90 Å². The number of nitrogen functional groups attached to an aromatic ring is 2. The van der Waals surface area contributed by atoms with Gasteiger partial charge in [0.05, 0.1) is 5.69 Å². The minimum absolute atomic E-state index is 0.0572. The maximum Gasteiger partial charge on any atom is 0.243 e. The normalized spacial score (nSPS) is 14.8. The highest BCUT2D eigenvalue weighted by atomic mass is 32.2. The Morgan fingerprint density at radius 2 is 1.35 bits per heavy atom. The van der Waals surface area contributed by atoms with Crippen LogP contribution in [0, 0.1) is 0 Å². The zero-order valence-corrected chi connectivity index (χ0v) is 14.6. The maximum absolute atomic E-state index is 11.3. The van der Waals surface area contributed by atoms with Crippen molar-refractivity contribution in [2.75, 3.05) is 37.9 Å². The lowest BCUT2D eigenvalue weighted by atomic mass is 10.2. The highest BCUT2D eigenvalue weighted by Gasteiger charge is 2.25. The fourth-order valence-corrected chi connectivity index (χ4v) is 3.27. The SMILES string of the molecule is Nc1ccc2c(c1)OCCO2.Nc1ccc2c(c1S(N)(=O)=O)OCCO2. The topological polar surface area (TPSA) is 149 Å². The number of fused-ring (bicyclic) bond motifs is 2. The molecule has 2 heterocycles. The van der Waals surface area contributed by atoms with Gasteiger partial charge in [0.25, 0.3) is 0 Å². The van der Waals surface area contributed by atoms with Gasteiger partial charge in [0.1, 0.15) is 26.4 Å². The molecule has 2 aromatic rings. The van der Waals surface area contributed by atoms with Crippen LogP contribution < -0.4 is 35.6 Å². The lowest BCUT2D eigenvalue weighted by molar-refractivity contribution is 0.167. The highest BCUT2D eigenvalue weighted by molar-refractivity contribution is 7.89. The van der Waals surface area contributed by atoms with Crippen LogP contribution >= 0.6 is 0 Å². The number of sulfonamides is 1. The first-order valence-corrected chi connectivity index (χ1v) is 9.27. The van der Waals surface area contributed by atoms with Crippen LogP contribution in [0.1, 0.15) is 0 Å². The molecule has 0 atom stereocenters. The van der Waals surface area contributed by atoms with Crippen LogP contribution in [-0.2, 0) is 10.0 Å². The van der Waals surface area contributed by atoms with Crippen LogP contribution in [0.4, 0.5) is 11.4 Å². The van der Waals surface area contributed by atoms with Gasteiger partial charge in [0, 0.05) is 11.8 Å². The lowest BCUT2D eigenvalue weighted by Gasteiger charge is -2.21. The number of benzene rings is 2. The Labute approximate surface area is 150 Å². The average Bonchev–Trinajstić information content (AvgIpc) is 2.61. The first-order valence-electron chi connectivity index (χ1n) is 7.72. The number of anilines is 2. The molecule has 0 bridgehead atoms. The van der Waals surface area contributed by atoms with E-state index in [-0.39, 0.29) is 22.9 Å². The van der Waals surface area contributed by atoms with Crippen molar-refractivity contribution in [1.29, 1.82) is 0 Å². The summed E-state index contributed by atoms with van der Waals surface area (Å²) in [4.78, 5) is -0.209. The molecule has 2 aliphatic rings. The molecule has 26 heavy (non-hydrogen) atoms. The standard InChI is InChI=1S/C8H10N2O4S.C8H9NO2/c9-5-1-2-6-7(14-4-3-13-6)8(5)15(10,11)12;9-6-1-2-7-8(5-6)11-4-3-10-7/h1-2H,3-4,9H2,(H2,10,11,12);1-2,5H,3-4,9H2. The molecule has 0 spiro atoms. The van der Waals surface area contributed by atoms with E-state index in [0.717, 1.165) is 11.5 Å². The average molecular weight is 381 g/mol. The summed E-state index contributed by atoms with van der Waals surface area (Å²) >= 11 is 0. The van der Waals surface area contributed by atoms with Crippen LogP contribution in [0.2, 0.25) is 0 Å². The lowest BCUT2D eigenvalue weighted by Crippen LogP contribution is -2.21. The predicted molar refractivity (Wildman–Crippen MR) is 95.1 cm³/mol. The molecule has 2 aliphatic heterocycles. The molecule has 0 aromatic heterocycles. The molecule has 0 aliphatic carbocycles. The van der Waals surface area contributed by atoms with Gasteiger partial charge in [-0.25, -0.2) is 13.6 Å². The van der Waals surface area contributed by atoms with Crippen molar-refractivity contribution < 1.29 is 27.4 Å². The molecule has 2 aromatic carbocycles. The summed E-state index contributed by atoms with van der Waals surface area (Å²) in [5.41, 5.74) is 11.8. The molecule has 140 valence electrons. The fourth-order valence-electron chi connectivity index (χ4n) is 2.46. The first-order chi connectivity index (χ1) is 12.4. The van der Waals surface area contributed by atoms with E-state index < -0.39 is 10.0 Å². The second-order valence-corrected chi connectivity index (χ2v) is 6.95. The van der Waals surface area contributed by atoms with Crippen molar-refractivity contribution in [3.8, 4) is 23.0 Å². The number of hydrogen-bond acceptors (Lipinski definition) is 8. The third-order valence-electron chi connectivity index (χ3n) is 3.54. The van der Waals surface area contributed by atoms with Gasteiger partial charge in [0.15, 0.2) is 27.9 Å². The van der Waals surface area contributed by atoms with E-state index in [1.54, 1.807) is 18.2 Å². The summed E-state index contributed by atoms with van der Waals surface area (Å²) in [6.45, 7) is 1.88. The number of hydrogen-bond donors (Lipinski definition) is 3. The Hall–Kier alpha value is -2.85. The van der Waals surface area contributed by atoms with Crippen LogP contribution in [-0.4, -0.2) is 34.8 Å². The monoisotopic (exact) mass is 381 g/mol. The second kappa shape index (κ2) is 7.18. The largest absolute Gasteiger partial charge is 0.486 e. The van der Waals surface area contributed by atoms with E-state index in [0.29, 0.717) is 31.3 Å². The fraction of sp³-hybridized carbons (Fsp3) is 0.250. The Morgan fingerprint density at radius 3 is 2.04 bits per heavy atom. The van der Waals surface area contributed by atoms with E-state index in [9.17, 15) is 8.42 Å². The molecule has 0 saturated carbocycles. The zero-order valence-electron chi connectivity index (χ0n) is 13.8. The van der Waals surface area contributed by atoms with Crippen molar-refractivity contribution in [1.82, 2.24) is 0 Å². The number of rotatable bonds is 1. The molecule has 0 amide bonds. The molecule has 4 rings (SSSR count). The van der Waals surface area contributed by atoms with Crippen LogP contribution in [0.5, 0.6) is 23.0 Å². The molecular weight excluding hydrogens is 362 g/mol. The minimum atomic E-state index is -3.90. The van der Waals surface area contributed by atoms with Crippen LogP contribution in [0.25, 0.3) is 0 Å². The van der Waals surface area contributed by atoms with Gasteiger partial charge in [-0.15, -0.1) is 0 Å². The van der Waals surface area contributed by atoms with Gasteiger partial charge in [-0.2, -0.15) is 0 Å². The first kappa shape index (κ1) is 18.0. The van der Waals surface area contributed by atoms with Crippen molar-refractivity contribution in [3.63, 3.8) is 0 Å². The van der Waals surface area contributed by atoms with Gasteiger partial charge >= 0.3 is 0 Å². The molecule has 6 N–H and O–H groups in total. The number of nitrogens with two attached hydrogens (primary N) is 3. The van der Waals surface area contributed by atoms with E-state index in [1.807, 2.05) is 6.07 Å². The molecule has 0 fully saturated rings. The number of primary sulfonamides is 1. The molecule has 10 heteroatoms. The predicted octanol–water partition coefficient (Wildman–Crippen LogP) is 0.727. The molecule has 9 nitrogen and oxygen atoms in total. The maximum atomic E-state index is 11.3. The van der Waals surface area contributed by atoms with Crippen molar-refractivity contribution in [3.05, 3.63) is 30.3 Å². The second-order valence-electron chi connectivity index (χ2n) is 5.46. The summed E-state index contributed by atoms with van der Waals surface area (Å²) in [5, 5.41) is 5.04. The van der Waals surface area contributed by atoms with Gasteiger partial charge < -0.3 is 30.4 Å². The van der Waals surface area contributed by atoms with E-state index in [2.05, 4.69) is 0 Å². The van der Waals surface area contributed by atoms with Gasteiger partial charge in [-0.1, -0.05) is 0 Å². The van der Waals surface area contributed by atoms with Crippen molar-refractivity contribution in [2.24, 2.45) is 5.14 Å². The molecule has 0 radical (unpaired) electrons. The Morgan fingerprint density at radius 1 is 0.769 bits per heavy atom. The minimum Gasteiger partial charge on any atom is -0.486 e. The summed E-state index contributed by atoms with van der Waals surface area (Å²) in [7, 11) is -3.90. The third kappa shape index (κ3) is 3.86. The summed E-state index contributed by atoms with van der Waals surface area (Å²) in [6.07, 6.45) is 0. The van der Waals surface area contributed by atoms with E-state index in [1.165, 1.54) is 6.07 Å². The summed E-state index contributed by atoms with van der Waals surface area (Å²) < 4.78 is 43.6. The van der Waals surface area contributed by atoms with Gasteiger partial charge in [-0.3, -0.25) is 0 Å². The summed E-state index contributed by atoms with van der Waals surface area (Å²) in [5.74, 6) is 1.98. The van der Waals surface area contributed by atoms with Gasteiger partial charge in [-0.05, 0) is 24.3 Å².